The molecule has 0 aliphatic carbocycles. The highest BCUT2D eigenvalue weighted by atomic mass is 35.5. The van der Waals surface area contributed by atoms with Gasteiger partial charge in [-0.15, -0.1) is 0 Å². The maximum absolute atomic E-state index is 5.98. The molecule has 0 aromatic heterocycles. The van der Waals surface area contributed by atoms with Gasteiger partial charge in [0.05, 0.1) is 0 Å². The van der Waals surface area contributed by atoms with Crippen molar-refractivity contribution in [1.29, 1.82) is 0 Å². The molecule has 0 aliphatic rings. The van der Waals surface area contributed by atoms with Crippen LogP contribution in [0.1, 0.15) is 5.56 Å². The molecule has 0 saturated heterocycles. The average Bonchev–Trinajstić information content (AvgIpc) is 2.32. The largest absolute Gasteiger partial charge is 0.457 e. The zero-order valence-electron chi connectivity index (χ0n) is 10.2. The van der Waals surface area contributed by atoms with Gasteiger partial charge in [-0.25, -0.2) is 0 Å². The van der Waals surface area contributed by atoms with E-state index in [0.717, 1.165) is 11.3 Å². The standard InChI is InChI=1S/C14H12Cl3NO/c1-18-8-9-4-10(15)2-3-14(9)19-13-6-11(16)5-12(17)7-13/h2-7,18H,8H2,1H3. The van der Waals surface area contributed by atoms with Crippen LogP contribution in [0.4, 0.5) is 0 Å². The van der Waals surface area contributed by atoms with E-state index in [1.807, 2.05) is 19.2 Å². The molecule has 2 aromatic rings. The average molecular weight is 317 g/mol. The third-order valence-electron chi connectivity index (χ3n) is 2.45. The van der Waals surface area contributed by atoms with Crippen molar-refractivity contribution < 1.29 is 4.74 Å². The van der Waals surface area contributed by atoms with E-state index in [9.17, 15) is 0 Å². The van der Waals surface area contributed by atoms with Crippen molar-refractivity contribution in [2.45, 2.75) is 6.54 Å². The number of ether oxygens (including phenoxy) is 1. The maximum Gasteiger partial charge on any atom is 0.132 e. The Morgan fingerprint density at radius 1 is 0.947 bits per heavy atom. The number of hydrogen-bond donors (Lipinski definition) is 1. The molecular formula is C14H12Cl3NO. The Kier molecular flexibility index (Phi) is 4.94. The van der Waals surface area contributed by atoms with Gasteiger partial charge in [0, 0.05) is 27.2 Å². The monoisotopic (exact) mass is 315 g/mol. The molecule has 2 nitrogen and oxygen atoms in total. The fraction of sp³-hybridized carbons (Fsp3) is 0.143. The van der Waals surface area contributed by atoms with E-state index in [2.05, 4.69) is 5.32 Å². The lowest BCUT2D eigenvalue weighted by Crippen LogP contribution is -2.06. The lowest BCUT2D eigenvalue weighted by atomic mass is 10.2. The summed E-state index contributed by atoms with van der Waals surface area (Å²) >= 11 is 17.9. The van der Waals surface area contributed by atoms with Crippen molar-refractivity contribution >= 4 is 34.8 Å². The third kappa shape index (κ3) is 4.02. The molecule has 2 rings (SSSR count). The molecule has 0 amide bonds. The molecule has 0 unspecified atom stereocenters. The molecule has 0 bridgehead atoms. The molecule has 1 N–H and O–H groups in total. The Labute approximate surface area is 127 Å². The Bertz CT molecular complexity index is 567. The highest BCUT2D eigenvalue weighted by Gasteiger charge is 2.07. The van der Waals surface area contributed by atoms with Crippen LogP contribution in [0.5, 0.6) is 11.5 Å². The zero-order valence-corrected chi connectivity index (χ0v) is 12.5. The van der Waals surface area contributed by atoms with Crippen molar-refractivity contribution in [3.8, 4) is 11.5 Å². The van der Waals surface area contributed by atoms with E-state index in [1.165, 1.54) is 0 Å². The van der Waals surface area contributed by atoms with Gasteiger partial charge in [0.1, 0.15) is 11.5 Å². The molecule has 0 radical (unpaired) electrons. The highest BCUT2D eigenvalue weighted by molar-refractivity contribution is 6.34. The maximum atomic E-state index is 5.98. The van der Waals surface area contributed by atoms with Crippen molar-refractivity contribution in [3.63, 3.8) is 0 Å². The summed E-state index contributed by atoms with van der Waals surface area (Å²) in [7, 11) is 1.86. The first-order valence-electron chi connectivity index (χ1n) is 5.65. The SMILES string of the molecule is CNCc1cc(Cl)ccc1Oc1cc(Cl)cc(Cl)c1. The van der Waals surface area contributed by atoms with E-state index in [0.29, 0.717) is 27.4 Å². The first kappa shape index (κ1) is 14.5. The lowest BCUT2D eigenvalue weighted by molar-refractivity contribution is 0.474. The predicted molar refractivity (Wildman–Crippen MR) is 80.8 cm³/mol. The fourth-order valence-corrected chi connectivity index (χ4v) is 2.39. The lowest BCUT2D eigenvalue weighted by Gasteiger charge is -2.12. The van der Waals surface area contributed by atoms with Gasteiger partial charge >= 0.3 is 0 Å². The van der Waals surface area contributed by atoms with Crippen molar-refractivity contribution in [2.75, 3.05) is 7.05 Å². The van der Waals surface area contributed by atoms with Crippen LogP contribution in [0.15, 0.2) is 36.4 Å². The summed E-state index contributed by atoms with van der Waals surface area (Å²) in [5.74, 6) is 1.31. The van der Waals surface area contributed by atoms with E-state index in [1.54, 1.807) is 24.3 Å². The van der Waals surface area contributed by atoms with Crippen molar-refractivity contribution in [3.05, 3.63) is 57.0 Å². The van der Waals surface area contributed by atoms with Crippen LogP contribution in [0.2, 0.25) is 15.1 Å². The van der Waals surface area contributed by atoms with Gasteiger partial charge in [-0.1, -0.05) is 34.8 Å². The van der Waals surface area contributed by atoms with E-state index in [4.69, 9.17) is 39.5 Å². The second kappa shape index (κ2) is 6.49. The minimum Gasteiger partial charge on any atom is -0.457 e. The molecule has 0 heterocycles. The smallest absolute Gasteiger partial charge is 0.132 e. The third-order valence-corrected chi connectivity index (χ3v) is 3.13. The second-order valence-corrected chi connectivity index (χ2v) is 5.30. The van der Waals surface area contributed by atoms with Crippen LogP contribution in [0.25, 0.3) is 0 Å². The number of nitrogens with one attached hydrogen (secondary N) is 1. The van der Waals surface area contributed by atoms with Gasteiger partial charge in [-0.2, -0.15) is 0 Å². The quantitative estimate of drug-likeness (QED) is 0.841. The minimum absolute atomic E-state index is 0.534. The summed E-state index contributed by atoms with van der Waals surface area (Å²) in [6.07, 6.45) is 0. The first-order valence-corrected chi connectivity index (χ1v) is 6.79. The minimum atomic E-state index is 0.534. The van der Waals surface area contributed by atoms with E-state index >= 15 is 0 Å². The van der Waals surface area contributed by atoms with Gasteiger partial charge in [-0.3, -0.25) is 0 Å². The number of hydrogen-bond acceptors (Lipinski definition) is 2. The number of benzene rings is 2. The van der Waals surface area contributed by atoms with E-state index in [-0.39, 0.29) is 0 Å². The summed E-state index contributed by atoms with van der Waals surface area (Å²) in [5, 5.41) is 4.81. The Balaban J connectivity index is 2.31. The Morgan fingerprint density at radius 2 is 1.63 bits per heavy atom. The summed E-state index contributed by atoms with van der Waals surface area (Å²) in [5.41, 5.74) is 0.964. The summed E-state index contributed by atoms with van der Waals surface area (Å²) in [6, 6.07) is 10.5. The molecule has 2 aromatic carbocycles. The molecule has 100 valence electrons. The Morgan fingerprint density at radius 3 is 2.26 bits per heavy atom. The van der Waals surface area contributed by atoms with Gasteiger partial charge in [-0.05, 0) is 43.4 Å². The van der Waals surface area contributed by atoms with Crippen LogP contribution in [-0.4, -0.2) is 7.05 Å². The van der Waals surface area contributed by atoms with Gasteiger partial charge < -0.3 is 10.1 Å². The van der Waals surface area contributed by atoms with Gasteiger partial charge in [0.25, 0.3) is 0 Å². The van der Waals surface area contributed by atoms with Crippen LogP contribution in [-0.2, 0) is 6.54 Å². The predicted octanol–water partition coefficient (Wildman–Crippen LogP) is 5.16. The van der Waals surface area contributed by atoms with Crippen LogP contribution in [0.3, 0.4) is 0 Å². The van der Waals surface area contributed by atoms with Crippen molar-refractivity contribution in [2.24, 2.45) is 0 Å². The highest BCUT2D eigenvalue weighted by Crippen LogP contribution is 2.31. The normalized spacial score (nSPS) is 10.5. The number of halogens is 3. The molecule has 0 spiro atoms. The molecule has 0 fully saturated rings. The summed E-state index contributed by atoms with van der Waals surface area (Å²) < 4.78 is 5.81. The van der Waals surface area contributed by atoms with Gasteiger partial charge in [0.15, 0.2) is 0 Å². The van der Waals surface area contributed by atoms with E-state index < -0.39 is 0 Å². The number of rotatable bonds is 4. The molecule has 5 heteroatoms. The molecule has 0 atom stereocenters. The summed E-state index contributed by atoms with van der Waals surface area (Å²) in [6.45, 7) is 0.657. The van der Waals surface area contributed by atoms with Crippen LogP contribution in [0, 0.1) is 0 Å². The molecule has 19 heavy (non-hydrogen) atoms. The zero-order chi connectivity index (χ0) is 13.8. The second-order valence-electron chi connectivity index (χ2n) is 3.99. The molecule has 0 aliphatic heterocycles. The van der Waals surface area contributed by atoms with Gasteiger partial charge in [0.2, 0.25) is 0 Å². The topological polar surface area (TPSA) is 21.3 Å². The van der Waals surface area contributed by atoms with Crippen LogP contribution < -0.4 is 10.1 Å². The van der Waals surface area contributed by atoms with Crippen molar-refractivity contribution in [1.82, 2.24) is 5.32 Å². The fourth-order valence-electron chi connectivity index (χ4n) is 1.69. The first-order chi connectivity index (χ1) is 9.08. The molecular weight excluding hydrogens is 305 g/mol. The Hall–Kier alpha value is -0.930. The molecule has 0 saturated carbocycles. The van der Waals surface area contributed by atoms with Crippen LogP contribution >= 0.6 is 34.8 Å². The summed E-state index contributed by atoms with van der Waals surface area (Å²) in [4.78, 5) is 0.